The van der Waals surface area contributed by atoms with Crippen LogP contribution in [-0.2, 0) is 31.6 Å². The Hall–Kier alpha value is 0.293. The molecule has 0 atom stereocenters. The molecule has 3 heteroatoms. The molecule has 0 aliphatic rings. The molecular formula is C14H17Cl2Zr. The molecule has 0 saturated heterocycles. The van der Waals surface area contributed by atoms with Gasteiger partial charge in [-0.2, -0.15) is 6.07 Å². The van der Waals surface area contributed by atoms with Crippen LogP contribution in [0.2, 0.25) is 0 Å². The Kier molecular flexibility index (Phi) is 8.11. The van der Waals surface area contributed by atoms with Crippen LogP contribution < -0.4 is 24.8 Å². The second-order valence-corrected chi connectivity index (χ2v) is 5.13. The van der Waals surface area contributed by atoms with E-state index in [2.05, 4.69) is 58.0 Å². The molecule has 1 radical (unpaired) electrons. The monoisotopic (exact) mass is 345 g/mol. The fraction of sp³-hybridized carbons (Fsp3) is 0.357. The van der Waals surface area contributed by atoms with Crippen molar-refractivity contribution in [2.75, 3.05) is 0 Å². The van der Waals surface area contributed by atoms with Crippen molar-refractivity contribution in [3.63, 3.8) is 0 Å². The zero-order valence-electron chi connectivity index (χ0n) is 10.6. The molecule has 91 valence electrons. The SMILES string of the molecule is Cc1cc2cc(C(C)(C)C)ccc2[cH-]1.[Cl-].[Cl-].[Zr+3]. The number of halogens is 2. The molecule has 0 heterocycles. The van der Waals surface area contributed by atoms with Crippen LogP contribution in [0.1, 0.15) is 31.9 Å². The Bertz CT molecular complexity index is 467. The number of rotatable bonds is 0. The standard InChI is InChI=1S/C14H17.2ClH.Zr/c1-10-7-11-5-6-13(14(2,3)4)9-12(11)8-10;;;/h5-9H,1-4H3;2*1H;/q-1;;;+3/p-2. The zero-order chi connectivity index (χ0) is 10.3. The second-order valence-electron chi connectivity index (χ2n) is 5.13. The van der Waals surface area contributed by atoms with Crippen molar-refractivity contribution in [2.45, 2.75) is 33.1 Å². The molecule has 17 heavy (non-hydrogen) atoms. The predicted molar refractivity (Wildman–Crippen MR) is 63.0 cm³/mol. The van der Waals surface area contributed by atoms with E-state index >= 15 is 0 Å². The van der Waals surface area contributed by atoms with E-state index in [-0.39, 0.29) is 56.4 Å². The van der Waals surface area contributed by atoms with Gasteiger partial charge < -0.3 is 24.8 Å². The first-order valence-electron chi connectivity index (χ1n) is 5.14. The van der Waals surface area contributed by atoms with E-state index in [1.165, 1.54) is 21.9 Å². The van der Waals surface area contributed by atoms with Gasteiger partial charge in [0.15, 0.2) is 0 Å². The Morgan fingerprint density at radius 3 is 2.12 bits per heavy atom. The number of aryl methyl sites for hydroxylation is 1. The van der Waals surface area contributed by atoms with Gasteiger partial charge in [0.25, 0.3) is 0 Å². The molecule has 0 unspecified atom stereocenters. The average Bonchev–Trinajstić information content (AvgIpc) is 2.41. The van der Waals surface area contributed by atoms with Gasteiger partial charge in [-0.15, -0.1) is 40.6 Å². The van der Waals surface area contributed by atoms with E-state index in [0.29, 0.717) is 0 Å². The summed E-state index contributed by atoms with van der Waals surface area (Å²) in [5.74, 6) is 0. The van der Waals surface area contributed by atoms with Crippen molar-refractivity contribution < 1.29 is 51.0 Å². The van der Waals surface area contributed by atoms with Crippen molar-refractivity contribution in [2.24, 2.45) is 0 Å². The van der Waals surface area contributed by atoms with Gasteiger partial charge >= 0.3 is 26.2 Å². The molecule has 0 aliphatic carbocycles. The first kappa shape index (κ1) is 19.6. The topological polar surface area (TPSA) is 0 Å². The third-order valence-electron chi connectivity index (χ3n) is 2.72. The van der Waals surface area contributed by atoms with Crippen LogP contribution in [0.15, 0.2) is 30.3 Å². The van der Waals surface area contributed by atoms with Gasteiger partial charge in [-0.05, 0) is 5.41 Å². The van der Waals surface area contributed by atoms with Crippen LogP contribution >= 0.6 is 0 Å². The summed E-state index contributed by atoms with van der Waals surface area (Å²) in [7, 11) is 0. The maximum atomic E-state index is 2.31. The van der Waals surface area contributed by atoms with Crippen LogP contribution in [0, 0.1) is 6.92 Å². The van der Waals surface area contributed by atoms with Crippen LogP contribution in [-0.4, -0.2) is 0 Å². The largest absolute Gasteiger partial charge is 3.00 e. The maximum absolute atomic E-state index is 2.31. The number of benzene rings is 1. The average molecular weight is 347 g/mol. The Morgan fingerprint density at radius 2 is 1.59 bits per heavy atom. The molecule has 0 bridgehead atoms. The molecule has 0 aromatic heterocycles. The molecule has 0 amide bonds. The van der Waals surface area contributed by atoms with Crippen molar-refractivity contribution >= 4 is 10.8 Å². The van der Waals surface area contributed by atoms with Gasteiger partial charge in [0.1, 0.15) is 0 Å². The van der Waals surface area contributed by atoms with E-state index < -0.39 is 0 Å². The maximum Gasteiger partial charge on any atom is 3.00 e. The van der Waals surface area contributed by atoms with E-state index in [0.717, 1.165) is 0 Å². The normalized spacial score (nSPS) is 10.1. The Labute approximate surface area is 135 Å². The van der Waals surface area contributed by atoms with Crippen molar-refractivity contribution in [1.82, 2.24) is 0 Å². The summed E-state index contributed by atoms with van der Waals surface area (Å²) < 4.78 is 0. The summed E-state index contributed by atoms with van der Waals surface area (Å²) in [4.78, 5) is 0. The van der Waals surface area contributed by atoms with Crippen molar-refractivity contribution in [3.05, 3.63) is 41.5 Å². The molecule has 0 saturated carbocycles. The van der Waals surface area contributed by atoms with E-state index in [1.807, 2.05) is 0 Å². The third-order valence-corrected chi connectivity index (χ3v) is 2.72. The van der Waals surface area contributed by atoms with Gasteiger partial charge in [-0.25, -0.2) is 0 Å². The Balaban J connectivity index is 0. The predicted octanol–water partition coefficient (Wildman–Crippen LogP) is -1.83. The summed E-state index contributed by atoms with van der Waals surface area (Å²) in [6.45, 7) is 8.91. The van der Waals surface area contributed by atoms with Crippen LogP contribution in [0.4, 0.5) is 0 Å². The van der Waals surface area contributed by atoms with E-state index in [1.54, 1.807) is 0 Å². The summed E-state index contributed by atoms with van der Waals surface area (Å²) in [6, 6.07) is 11.3. The second kappa shape index (κ2) is 7.02. The minimum absolute atomic E-state index is 0. The van der Waals surface area contributed by atoms with Crippen LogP contribution in [0.3, 0.4) is 0 Å². The molecule has 2 aromatic rings. The Morgan fingerprint density at radius 1 is 1.00 bits per heavy atom. The van der Waals surface area contributed by atoms with Crippen molar-refractivity contribution in [1.29, 1.82) is 0 Å². The minimum atomic E-state index is 0. The molecule has 0 aliphatic heterocycles. The van der Waals surface area contributed by atoms with Gasteiger partial charge in [-0.1, -0.05) is 33.3 Å². The third kappa shape index (κ3) is 4.47. The first-order valence-corrected chi connectivity index (χ1v) is 5.14. The van der Waals surface area contributed by atoms with Gasteiger partial charge in [0.2, 0.25) is 0 Å². The molecule has 0 spiro atoms. The first-order chi connectivity index (χ1) is 6.47. The van der Waals surface area contributed by atoms with Gasteiger partial charge in [-0.3, -0.25) is 0 Å². The summed E-state index contributed by atoms with van der Waals surface area (Å²) in [5.41, 5.74) is 3.01. The summed E-state index contributed by atoms with van der Waals surface area (Å²) >= 11 is 0. The fourth-order valence-corrected chi connectivity index (χ4v) is 1.83. The molecular weight excluding hydrogens is 330 g/mol. The van der Waals surface area contributed by atoms with Crippen LogP contribution in [0.25, 0.3) is 10.8 Å². The quantitative estimate of drug-likeness (QED) is 0.492. The van der Waals surface area contributed by atoms with Crippen LogP contribution in [0.5, 0.6) is 0 Å². The van der Waals surface area contributed by atoms with Gasteiger partial charge in [0.05, 0.1) is 0 Å². The van der Waals surface area contributed by atoms with Crippen molar-refractivity contribution in [3.8, 4) is 0 Å². The number of hydrogen-bond acceptors (Lipinski definition) is 0. The van der Waals surface area contributed by atoms with E-state index in [4.69, 9.17) is 0 Å². The minimum Gasteiger partial charge on any atom is -1.00 e. The summed E-state index contributed by atoms with van der Waals surface area (Å²) in [5, 5.41) is 2.73. The van der Waals surface area contributed by atoms with Gasteiger partial charge in [0, 0.05) is 0 Å². The molecule has 0 nitrogen and oxygen atoms in total. The number of fused-ring (bicyclic) bond motifs is 1. The number of hydrogen-bond donors (Lipinski definition) is 0. The zero-order valence-corrected chi connectivity index (χ0v) is 14.6. The fourth-order valence-electron chi connectivity index (χ4n) is 1.83. The summed E-state index contributed by atoms with van der Waals surface area (Å²) in [6.07, 6.45) is 0. The molecule has 2 aromatic carbocycles. The molecule has 2 rings (SSSR count). The van der Waals surface area contributed by atoms with E-state index in [9.17, 15) is 0 Å². The molecule has 0 N–H and O–H groups in total. The smallest absolute Gasteiger partial charge is 1.00 e. The molecule has 0 fully saturated rings.